The second-order valence-electron chi connectivity index (χ2n) is 2.85. The van der Waals surface area contributed by atoms with Crippen molar-refractivity contribution in [3.05, 3.63) is 17.5 Å². The van der Waals surface area contributed by atoms with E-state index < -0.39 is 0 Å². The summed E-state index contributed by atoms with van der Waals surface area (Å²) in [5.74, 6) is 6.12. The molecule has 0 fully saturated rings. The second kappa shape index (κ2) is 4.68. The molecule has 3 nitrogen and oxygen atoms in total. The fraction of sp³-hybridized carbons (Fsp3) is 0.500. The van der Waals surface area contributed by atoms with Crippen LogP contribution >= 0.6 is 0 Å². The predicted molar refractivity (Wildman–Crippen MR) is 53.4 cm³/mol. The predicted octanol–water partition coefficient (Wildman–Crippen LogP) is 0.690. The lowest BCUT2D eigenvalue weighted by Crippen LogP contribution is -2.11. The molecule has 1 N–H and O–H groups in total. The molecule has 0 bridgehead atoms. The van der Waals surface area contributed by atoms with E-state index in [1.807, 2.05) is 18.7 Å². The average Bonchev–Trinajstić information content (AvgIpc) is 2.43. The minimum Gasteiger partial charge on any atom is -0.306 e. The Bertz CT molecular complexity index is 328. The van der Waals surface area contributed by atoms with E-state index in [0.29, 0.717) is 0 Å². The maximum absolute atomic E-state index is 4.11. The van der Waals surface area contributed by atoms with Crippen LogP contribution in [-0.4, -0.2) is 22.9 Å². The summed E-state index contributed by atoms with van der Waals surface area (Å²) in [6.07, 6.45) is 1.80. The Morgan fingerprint density at radius 1 is 1.62 bits per heavy atom. The lowest BCUT2D eigenvalue weighted by molar-refractivity contribution is 0.740. The molecule has 1 aromatic rings. The van der Waals surface area contributed by atoms with E-state index in [4.69, 9.17) is 0 Å². The van der Waals surface area contributed by atoms with Gasteiger partial charge in [-0.2, -0.15) is 5.10 Å². The third-order valence-corrected chi connectivity index (χ3v) is 1.92. The second-order valence-corrected chi connectivity index (χ2v) is 2.85. The summed E-state index contributed by atoms with van der Waals surface area (Å²) < 4.78 is 1.83. The third-order valence-electron chi connectivity index (χ3n) is 1.92. The topological polar surface area (TPSA) is 29.9 Å². The molecule has 0 amide bonds. The zero-order valence-electron chi connectivity index (χ0n) is 8.39. The Morgan fingerprint density at radius 2 is 2.38 bits per heavy atom. The van der Waals surface area contributed by atoms with Crippen LogP contribution in [0.25, 0.3) is 0 Å². The van der Waals surface area contributed by atoms with Crippen molar-refractivity contribution < 1.29 is 0 Å². The van der Waals surface area contributed by atoms with E-state index in [2.05, 4.69) is 29.2 Å². The van der Waals surface area contributed by atoms with Gasteiger partial charge >= 0.3 is 0 Å². The highest BCUT2D eigenvalue weighted by molar-refractivity contribution is 5.35. The van der Waals surface area contributed by atoms with Crippen molar-refractivity contribution in [2.24, 2.45) is 7.05 Å². The van der Waals surface area contributed by atoms with Crippen molar-refractivity contribution in [2.75, 3.05) is 13.1 Å². The zero-order chi connectivity index (χ0) is 9.68. The third kappa shape index (κ3) is 2.60. The van der Waals surface area contributed by atoms with Gasteiger partial charge in [-0.15, -0.1) is 0 Å². The molecular weight excluding hydrogens is 162 g/mol. The van der Waals surface area contributed by atoms with Crippen molar-refractivity contribution in [3.8, 4) is 11.8 Å². The van der Waals surface area contributed by atoms with Gasteiger partial charge in [0.1, 0.15) is 0 Å². The van der Waals surface area contributed by atoms with E-state index >= 15 is 0 Å². The molecule has 0 saturated heterocycles. The lowest BCUT2D eigenvalue weighted by atomic mass is 10.3. The van der Waals surface area contributed by atoms with Gasteiger partial charge in [0.2, 0.25) is 0 Å². The van der Waals surface area contributed by atoms with Gasteiger partial charge in [-0.1, -0.05) is 18.8 Å². The van der Waals surface area contributed by atoms with E-state index in [0.717, 1.165) is 24.3 Å². The van der Waals surface area contributed by atoms with Gasteiger partial charge in [-0.3, -0.25) is 4.68 Å². The van der Waals surface area contributed by atoms with Crippen LogP contribution in [0.15, 0.2) is 6.20 Å². The molecule has 0 aromatic carbocycles. The molecule has 0 aliphatic heterocycles. The molecule has 0 spiro atoms. The van der Waals surface area contributed by atoms with Crippen LogP contribution < -0.4 is 5.32 Å². The number of nitrogens with zero attached hydrogens (tertiary/aromatic N) is 2. The Balaban J connectivity index is 2.61. The monoisotopic (exact) mass is 177 g/mol. The Labute approximate surface area is 79.1 Å². The minimum absolute atomic E-state index is 0.741. The van der Waals surface area contributed by atoms with Crippen LogP contribution in [0.2, 0.25) is 0 Å². The van der Waals surface area contributed by atoms with Gasteiger partial charge in [-0.25, -0.2) is 0 Å². The summed E-state index contributed by atoms with van der Waals surface area (Å²) in [5.41, 5.74) is 2.13. The standard InChI is InChI=1S/C10H15N3/c1-4-11-7-5-6-10-8-12-13(3)9(10)2/h8,11H,4,7H2,1-3H3. The number of hydrogen-bond acceptors (Lipinski definition) is 2. The van der Waals surface area contributed by atoms with Crippen LogP contribution in [0.4, 0.5) is 0 Å². The molecule has 0 aliphatic rings. The van der Waals surface area contributed by atoms with Crippen LogP contribution in [-0.2, 0) is 7.05 Å². The first-order valence-corrected chi connectivity index (χ1v) is 4.44. The highest BCUT2D eigenvalue weighted by Crippen LogP contribution is 2.02. The van der Waals surface area contributed by atoms with Crippen molar-refractivity contribution >= 4 is 0 Å². The molecule has 0 saturated carbocycles. The molecule has 1 heterocycles. The van der Waals surface area contributed by atoms with Gasteiger partial charge in [0.15, 0.2) is 0 Å². The fourth-order valence-corrected chi connectivity index (χ4v) is 0.948. The normalized spacial score (nSPS) is 9.46. The van der Waals surface area contributed by atoms with Gasteiger partial charge in [-0.05, 0) is 13.5 Å². The average molecular weight is 177 g/mol. The number of nitrogens with one attached hydrogen (secondary N) is 1. The lowest BCUT2D eigenvalue weighted by Gasteiger charge is -1.92. The van der Waals surface area contributed by atoms with Gasteiger partial charge < -0.3 is 5.32 Å². The molecule has 70 valence electrons. The van der Waals surface area contributed by atoms with Gasteiger partial charge in [0, 0.05) is 7.05 Å². The van der Waals surface area contributed by atoms with E-state index in [-0.39, 0.29) is 0 Å². The first kappa shape index (κ1) is 9.82. The summed E-state index contributed by atoms with van der Waals surface area (Å²) >= 11 is 0. The van der Waals surface area contributed by atoms with Gasteiger partial charge in [0.25, 0.3) is 0 Å². The Hall–Kier alpha value is -1.27. The van der Waals surface area contributed by atoms with Gasteiger partial charge in [0.05, 0.1) is 24.0 Å². The zero-order valence-corrected chi connectivity index (χ0v) is 8.39. The summed E-state index contributed by atoms with van der Waals surface area (Å²) in [4.78, 5) is 0. The van der Waals surface area contributed by atoms with Crippen molar-refractivity contribution in [1.29, 1.82) is 0 Å². The first-order chi connectivity index (χ1) is 6.25. The minimum atomic E-state index is 0.741. The molecule has 0 atom stereocenters. The highest BCUT2D eigenvalue weighted by atomic mass is 15.3. The maximum Gasteiger partial charge on any atom is 0.0654 e. The molecule has 0 radical (unpaired) electrons. The maximum atomic E-state index is 4.11. The molecular formula is C10H15N3. The van der Waals surface area contributed by atoms with Crippen LogP contribution in [0.1, 0.15) is 18.2 Å². The summed E-state index contributed by atoms with van der Waals surface area (Å²) in [5, 5.41) is 7.25. The van der Waals surface area contributed by atoms with E-state index in [9.17, 15) is 0 Å². The number of aryl methyl sites for hydroxylation is 1. The van der Waals surface area contributed by atoms with Crippen LogP contribution in [0.3, 0.4) is 0 Å². The Morgan fingerprint density at radius 3 is 2.92 bits per heavy atom. The van der Waals surface area contributed by atoms with Crippen molar-refractivity contribution in [1.82, 2.24) is 15.1 Å². The molecule has 0 unspecified atom stereocenters. The smallest absolute Gasteiger partial charge is 0.0654 e. The van der Waals surface area contributed by atoms with Crippen LogP contribution in [0.5, 0.6) is 0 Å². The number of aromatic nitrogens is 2. The molecule has 0 aliphatic carbocycles. The summed E-state index contributed by atoms with van der Waals surface area (Å²) in [6.45, 7) is 5.78. The molecule has 13 heavy (non-hydrogen) atoms. The molecule has 1 aromatic heterocycles. The SMILES string of the molecule is CCNCC#Cc1cnn(C)c1C. The van der Waals surface area contributed by atoms with Crippen molar-refractivity contribution in [2.45, 2.75) is 13.8 Å². The number of hydrogen-bond donors (Lipinski definition) is 1. The van der Waals surface area contributed by atoms with E-state index in [1.165, 1.54) is 0 Å². The quantitative estimate of drug-likeness (QED) is 0.532. The molecule has 1 rings (SSSR count). The molecule has 3 heteroatoms. The van der Waals surface area contributed by atoms with Crippen molar-refractivity contribution in [3.63, 3.8) is 0 Å². The highest BCUT2D eigenvalue weighted by Gasteiger charge is 1.97. The first-order valence-electron chi connectivity index (χ1n) is 4.44. The number of rotatable bonds is 2. The van der Waals surface area contributed by atoms with E-state index in [1.54, 1.807) is 6.20 Å². The summed E-state index contributed by atoms with van der Waals surface area (Å²) in [7, 11) is 1.92. The largest absolute Gasteiger partial charge is 0.306 e. The summed E-state index contributed by atoms with van der Waals surface area (Å²) in [6, 6.07) is 0. The Kier molecular flexibility index (Phi) is 3.53. The van der Waals surface area contributed by atoms with Crippen LogP contribution in [0, 0.1) is 18.8 Å². The fourth-order valence-electron chi connectivity index (χ4n) is 0.948.